The molecule has 0 radical (unpaired) electrons. The highest BCUT2D eigenvalue weighted by Gasteiger charge is 2.36. The quantitative estimate of drug-likeness (QED) is 0.832. The molecule has 1 unspecified atom stereocenters. The van der Waals surface area contributed by atoms with E-state index in [0.717, 1.165) is 12.1 Å². The molecule has 0 aliphatic carbocycles. The Bertz CT molecular complexity index is 434. The average molecular weight is 249 g/mol. The molecule has 17 heavy (non-hydrogen) atoms. The number of nitrogens with two attached hydrogens (primary N) is 1. The Balaban J connectivity index is 2.55. The van der Waals surface area contributed by atoms with Crippen molar-refractivity contribution in [3.63, 3.8) is 0 Å². The van der Waals surface area contributed by atoms with Gasteiger partial charge in [-0.25, -0.2) is 0 Å². The summed E-state index contributed by atoms with van der Waals surface area (Å²) in [4.78, 5) is 0. The highest BCUT2D eigenvalue weighted by molar-refractivity contribution is 5.50. The van der Waals surface area contributed by atoms with E-state index in [1.807, 2.05) is 0 Å². The van der Waals surface area contributed by atoms with E-state index in [1.54, 1.807) is 0 Å². The fourth-order valence-corrected chi connectivity index (χ4v) is 1.61. The predicted octanol–water partition coefficient (Wildman–Crippen LogP) is 1.43. The lowest BCUT2D eigenvalue weighted by atomic mass is 10.00. The van der Waals surface area contributed by atoms with Crippen molar-refractivity contribution in [1.82, 2.24) is 0 Å². The molecule has 0 bridgehead atoms. The second kappa shape index (κ2) is 4.08. The molecule has 4 nitrogen and oxygen atoms in total. The molecule has 0 saturated heterocycles. The molecule has 1 aliphatic rings. The number of ether oxygens (including phenoxy) is 2. The van der Waals surface area contributed by atoms with E-state index < -0.39 is 24.4 Å². The van der Waals surface area contributed by atoms with Crippen LogP contribution in [0.2, 0.25) is 0 Å². The third kappa shape index (κ3) is 2.16. The van der Waals surface area contributed by atoms with Crippen LogP contribution < -0.4 is 15.2 Å². The standard InChI is InChI=1S/C10H10F3NO3/c11-10(12,13)6-2-9-8(16-4-17-9)1-5(6)7(14)3-15/h1-2,7,15H,3-4,14H2. The Kier molecular flexibility index (Phi) is 2.88. The Labute approximate surface area is 94.7 Å². The van der Waals surface area contributed by atoms with Gasteiger partial charge in [0.1, 0.15) is 0 Å². The van der Waals surface area contributed by atoms with Gasteiger partial charge in [-0.3, -0.25) is 0 Å². The molecule has 2 rings (SSSR count). The fraction of sp³-hybridized carbons (Fsp3) is 0.400. The molecule has 0 fully saturated rings. The van der Waals surface area contributed by atoms with Gasteiger partial charge in [0.05, 0.1) is 18.2 Å². The van der Waals surface area contributed by atoms with E-state index in [9.17, 15) is 13.2 Å². The van der Waals surface area contributed by atoms with Gasteiger partial charge in [-0.1, -0.05) is 0 Å². The van der Waals surface area contributed by atoms with E-state index in [1.165, 1.54) is 0 Å². The van der Waals surface area contributed by atoms with Crippen LogP contribution in [0.25, 0.3) is 0 Å². The average Bonchev–Trinajstić information content (AvgIpc) is 2.72. The van der Waals surface area contributed by atoms with Crippen molar-refractivity contribution < 1.29 is 27.8 Å². The Morgan fingerprint density at radius 3 is 2.41 bits per heavy atom. The molecule has 1 aromatic carbocycles. The number of halogens is 3. The molecular formula is C10H10F3NO3. The number of aliphatic hydroxyl groups excluding tert-OH is 1. The number of benzene rings is 1. The van der Waals surface area contributed by atoms with Crippen LogP contribution in [0.4, 0.5) is 13.2 Å². The molecule has 0 saturated carbocycles. The molecule has 94 valence electrons. The molecule has 7 heteroatoms. The molecule has 0 spiro atoms. The second-order valence-corrected chi connectivity index (χ2v) is 3.58. The smallest absolute Gasteiger partial charge is 0.416 e. The van der Waals surface area contributed by atoms with Crippen LogP contribution in [0.3, 0.4) is 0 Å². The Morgan fingerprint density at radius 1 is 1.29 bits per heavy atom. The van der Waals surface area contributed by atoms with Crippen molar-refractivity contribution in [2.75, 3.05) is 13.4 Å². The molecular weight excluding hydrogens is 239 g/mol. The van der Waals surface area contributed by atoms with Gasteiger partial charge in [0.2, 0.25) is 6.79 Å². The Morgan fingerprint density at radius 2 is 1.88 bits per heavy atom. The zero-order valence-electron chi connectivity index (χ0n) is 8.62. The molecule has 0 amide bonds. The normalized spacial score (nSPS) is 16.1. The lowest BCUT2D eigenvalue weighted by molar-refractivity contribution is -0.138. The SMILES string of the molecule is NC(CO)c1cc2c(cc1C(F)(F)F)OCO2. The first-order chi connectivity index (χ1) is 7.93. The van der Waals surface area contributed by atoms with Gasteiger partial charge in [-0.05, 0) is 17.7 Å². The number of hydrogen-bond acceptors (Lipinski definition) is 4. The van der Waals surface area contributed by atoms with Crippen molar-refractivity contribution in [3.05, 3.63) is 23.3 Å². The number of hydrogen-bond donors (Lipinski definition) is 2. The van der Waals surface area contributed by atoms with Gasteiger partial charge >= 0.3 is 6.18 Å². The number of rotatable bonds is 2. The minimum Gasteiger partial charge on any atom is -0.454 e. The topological polar surface area (TPSA) is 64.7 Å². The first kappa shape index (κ1) is 12.0. The number of fused-ring (bicyclic) bond motifs is 1. The maximum absolute atomic E-state index is 12.8. The molecule has 1 aromatic rings. The summed E-state index contributed by atoms with van der Waals surface area (Å²) >= 11 is 0. The highest BCUT2D eigenvalue weighted by atomic mass is 19.4. The van der Waals surface area contributed by atoms with Gasteiger partial charge in [0.25, 0.3) is 0 Å². The predicted molar refractivity (Wildman–Crippen MR) is 51.6 cm³/mol. The fourth-order valence-electron chi connectivity index (χ4n) is 1.61. The van der Waals surface area contributed by atoms with Gasteiger partial charge in [0.15, 0.2) is 11.5 Å². The van der Waals surface area contributed by atoms with E-state index in [4.69, 9.17) is 20.3 Å². The maximum Gasteiger partial charge on any atom is 0.416 e. The lowest BCUT2D eigenvalue weighted by Crippen LogP contribution is -2.20. The first-order valence-corrected chi connectivity index (χ1v) is 4.80. The zero-order chi connectivity index (χ0) is 12.6. The summed E-state index contributed by atoms with van der Waals surface area (Å²) in [6.45, 7) is -0.701. The van der Waals surface area contributed by atoms with E-state index in [-0.39, 0.29) is 23.9 Å². The van der Waals surface area contributed by atoms with Crippen LogP contribution in [0.15, 0.2) is 12.1 Å². The zero-order valence-corrected chi connectivity index (χ0v) is 8.62. The van der Waals surface area contributed by atoms with Crippen molar-refractivity contribution >= 4 is 0 Å². The largest absolute Gasteiger partial charge is 0.454 e. The molecule has 1 heterocycles. The molecule has 0 aromatic heterocycles. The number of alkyl halides is 3. The second-order valence-electron chi connectivity index (χ2n) is 3.58. The maximum atomic E-state index is 12.8. The van der Waals surface area contributed by atoms with Crippen LogP contribution in [0.1, 0.15) is 17.2 Å². The monoisotopic (exact) mass is 249 g/mol. The molecule has 1 atom stereocenters. The number of aliphatic hydroxyl groups is 1. The van der Waals surface area contributed by atoms with E-state index in [0.29, 0.717) is 0 Å². The van der Waals surface area contributed by atoms with Gasteiger partial charge in [0, 0.05) is 0 Å². The Hall–Kier alpha value is -1.47. The summed E-state index contributed by atoms with van der Waals surface area (Å²) in [5.41, 5.74) is 4.32. The van der Waals surface area contributed by atoms with Crippen molar-refractivity contribution in [1.29, 1.82) is 0 Å². The van der Waals surface area contributed by atoms with Crippen LogP contribution in [-0.2, 0) is 6.18 Å². The van der Waals surface area contributed by atoms with Crippen LogP contribution in [0, 0.1) is 0 Å². The van der Waals surface area contributed by atoms with Crippen molar-refractivity contribution in [2.24, 2.45) is 5.73 Å². The third-order valence-electron chi connectivity index (χ3n) is 2.45. The van der Waals surface area contributed by atoms with E-state index >= 15 is 0 Å². The van der Waals surface area contributed by atoms with Gasteiger partial charge in [-0.15, -0.1) is 0 Å². The first-order valence-electron chi connectivity index (χ1n) is 4.80. The van der Waals surface area contributed by atoms with Crippen LogP contribution in [0.5, 0.6) is 11.5 Å². The van der Waals surface area contributed by atoms with Crippen molar-refractivity contribution in [3.8, 4) is 11.5 Å². The third-order valence-corrected chi connectivity index (χ3v) is 2.45. The lowest BCUT2D eigenvalue weighted by Gasteiger charge is -2.17. The van der Waals surface area contributed by atoms with Crippen molar-refractivity contribution in [2.45, 2.75) is 12.2 Å². The summed E-state index contributed by atoms with van der Waals surface area (Å²) in [5.74, 6) is 0.239. The molecule has 1 aliphatic heterocycles. The minimum absolute atomic E-state index is 0.0335. The summed E-state index contributed by atoms with van der Waals surface area (Å²) in [5, 5.41) is 8.86. The van der Waals surface area contributed by atoms with Crippen LogP contribution in [-0.4, -0.2) is 18.5 Å². The van der Waals surface area contributed by atoms with Gasteiger partial charge in [-0.2, -0.15) is 13.2 Å². The summed E-state index contributed by atoms with van der Waals surface area (Å²) in [6, 6.07) is 0.889. The summed E-state index contributed by atoms with van der Waals surface area (Å²) in [6.07, 6.45) is -4.55. The van der Waals surface area contributed by atoms with Crippen LogP contribution >= 0.6 is 0 Å². The summed E-state index contributed by atoms with van der Waals surface area (Å²) in [7, 11) is 0. The van der Waals surface area contributed by atoms with E-state index in [2.05, 4.69) is 0 Å². The summed E-state index contributed by atoms with van der Waals surface area (Å²) < 4.78 is 48.2. The minimum atomic E-state index is -4.55. The van der Waals surface area contributed by atoms with Gasteiger partial charge < -0.3 is 20.3 Å². The highest BCUT2D eigenvalue weighted by Crippen LogP contribution is 2.42. The molecule has 3 N–H and O–H groups in total.